The van der Waals surface area contributed by atoms with Crippen LogP contribution in [-0.4, -0.2) is 60.9 Å². The van der Waals surface area contributed by atoms with Crippen LogP contribution in [0.2, 0.25) is 0 Å². The summed E-state index contributed by atoms with van der Waals surface area (Å²) in [4.78, 5) is 26.9. The molecular weight excluding hydrogens is 218 g/mol. The monoisotopic (exact) mass is 239 g/mol. The van der Waals surface area contributed by atoms with Crippen LogP contribution in [0.15, 0.2) is 0 Å². The van der Waals surface area contributed by atoms with E-state index in [4.69, 9.17) is 0 Å². The van der Waals surface area contributed by atoms with Gasteiger partial charge in [-0.2, -0.15) is 0 Å². The molecule has 0 aromatic heterocycles. The second-order valence-electron chi connectivity index (χ2n) is 4.97. The van der Waals surface area contributed by atoms with Crippen molar-refractivity contribution in [1.29, 1.82) is 0 Å². The molecule has 0 aromatic rings. The lowest BCUT2D eigenvalue weighted by Crippen LogP contribution is -2.43. The van der Waals surface area contributed by atoms with Crippen LogP contribution in [0.25, 0.3) is 0 Å². The summed E-state index contributed by atoms with van der Waals surface area (Å²) in [6.07, 6.45) is 2.12. The second kappa shape index (κ2) is 5.49. The van der Waals surface area contributed by atoms with Crippen molar-refractivity contribution >= 4 is 11.8 Å². The van der Waals surface area contributed by atoms with E-state index in [9.17, 15) is 9.59 Å². The SMILES string of the molecule is CC(=O)C1CCCN(CCN2CCNC2=O)C1. The van der Waals surface area contributed by atoms with Gasteiger partial charge in [0.2, 0.25) is 0 Å². The fraction of sp³-hybridized carbons (Fsp3) is 0.833. The molecule has 2 saturated heterocycles. The Morgan fingerprint density at radius 2 is 2.24 bits per heavy atom. The Morgan fingerprint density at radius 3 is 2.88 bits per heavy atom. The van der Waals surface area contributed by atoms with Crippen LogP contribution in [0.3, 0.4) is 0 Å². The lowest BCUT2D eigenvalue weighted by atomic mass is 9.95. The van der Waals surface area contributed by atoms with E-state index in [1.54, 1.807) is 6.92 Å². The van der Waals surface area contributed by atoms with Gasteiger partial charge in [-0.25, -0.2) is 4.79 Å². The molecule has 2 aliphatic rings. The lowest BCUT2D eigenvalue weighted by Gasteiger charge is -2.32. The van der Waals surface area contributed by atoms with Crippen LogP contribution in [0.4, 0.5) is 4.79 Å². The summed E-state index contributed by atoms with van der Waals surface area (Å²) in [5.74, 6) is 0.504. The van der Waals surface area contributed by atoms with Gasteiger partial charge in [0.1, 0.15) is 5.78 Å². The summed E-state index contributed by atoms with van der Waals surface area (Å²) in [6, 6.07) is 0.0464. The minimum atomic E-state index is 0.0464. The molecule has 2 rings (SSSR count). The van der Waals surface area contributed by atoms with Crippen LogP contribution < -0.4 is 5.32 Å². The van der Waals surface area contributed by atoms with E-state index in [1.807, 2.05) is 4.90 Å². The normalized spacial score (nSPS) is 26.1. The van der Waals surface area contributed by atoms with E-state index in [2.05, 4.69) is 10.2 Å². The van der Waals surface area contributed by atoms with Crippen LogP contribution >= 0.6 is 0 Å². The molecule has 2 fully saturated rings. The van der Waals surface area contributed by atoms with Gasteiger partial charge in [-0.15, -0.1) is 0 Å². The molecule has 0 saturated carbocycles. The predicted octanol–water partition coefficient (Wildman–Crippen LogP) is 0.313. The first kappa shape index (κ1) is 12.4. The number of hydrogen-bond donors (Lipinski definition) is 1. The number of rotatable bonds is 4. The van der Waals surface area contributed by atoms with Gasteiger partial charge in [-0.1, -0.05) is 0 Å². The van der Waals surface area contributed by atoms with Crippen molar-refractivity contribution in [3.63, 3.8) is 0 Å². The summed E-state index contributed by atoms with van der Waals surface area (Å²) in [7, 11) is 0. The highest BCUT2D eigenvalue weighted by atomic mass is 16.2. The summed E-state index contributed by atoms with van der Waals surface area (Å²) in [6.45, 7) is 6.83. The number of nitrogens with zero attached hydrogens (tertiary/aromatic N) is 2. The van der Waals surface area contributed by atoms with Gasteiger partial charge >= 0.3 is 6.03 Å². The van der Waals surface area contributed by atoms with Crippen LogP contribution in [-0.2, 0) is 4.79 Å². The first-order valence-corrected chi connectivity index (χ1v) is 6.42. The highest BCUT2D eigenvalue weighted by Crippen LogP contribution is 2.17. The lowest BCUT2D eigenvalue weighted by molar-refractivity contribution is -0.122. The number of Topliss-reactive ketones (excluding diaryl/α,β-unsaturated/α-hetero) is 1. The molecule has 0 radical (unpaired) electrons. The summed E-state index contributed by atoms with van der Waals surface area (Å²) >= 11 is 0. The number of nitrogens with one attached hydrogen (secondary N) is 1. The Hall–Kier alpha value is -1.10. The molecule has 5 heteroatoms. The number of amides is 2. The predicted molar refractivity (Wildman–Crippen MR) is 64.8 cm³/mol. The standard InChI is InChI=1S/C12H21N3O2/c1-10(16)11-3-2-5-14(9-11)7-8-15-6-4-13-12(15)17/h11H,2-9H2,1H3,(H,13,17). The Morgan fingerprint density at radius 1 is 1.41 bits per heavy atom. The molecular formula is C12H21N3O2. The second-order valence-corrected chi connectivity index (χ2v) is 4.97. The van der Waals surface area contributed by atoms with E-state index in [0.29, 0.717) is 5.78 Å². The van der Waals surface area contributed by atoms with E-state index < -0.39 is 0 Å². The number of piperidine rings is 1. The van der Waals surface area contributed by atoms with Crippen LogP contribution in [0.5, 0.6) is 0 Å². The van der Waals surface area contributed by atoms with Crippen LogP contribution in [0, 0.1) is 5.92 Å². The molecule has 0 spiro atoms. The highest BCUT2D eigenvalue weighted by Gasteiger charge is 2.25. The Bertz CT molecular complexity index is 306. The summed E-state index contributed by atoms with van der Waals surface area (Å²) < 4.78 is 0. The molecule has 2 heterocycles. The number of likely N-dealkylation sites (tertiary alicyclic amines) is 1. The Kier molecular flexibility index (Phi) is 3.99. The van der Waals surface area contributed by atoms with Crippen molar-refractivity contribution in [3.8, 4) is 0 Å². The van der Waals surface area contributed by atoms with Crippen molar-refractivity contribution in [2.75, 3.05) is 39.3 Å². The number of ketones is 1. The maximum absolute atomic E-state index is 11.4. The number of urea groups is 1. The Balaban J connectivity index is 1.75. The average Bonchev–Trinajstić information content (AvgIpc) is 2.72. The third-order valence-electron chi connectivity index (χ3n) is 3.71. The van der Waals surface area contributed by atoms with Gasteiger partial charge in [0, 0.05) is 38.6 Å². The molecule has 0 aliphatic carbocycles. The van der Waals surface area contributed by atoms with Gasteiger partial charge in [0.15, 0.2) is 0 Å². The maximum atomic E-state index is 11.4. The molecule has 2 amide bonds. The topological polar surface area (TPSA) is 52.7 Å². The van der Waals surface area contributed by atoms with Gasteiger partial charge in [-0.05, 0) is 26.3 Å². The zero-order valence-electron chi connectivity index (χ0n) is 10.4. The van der Waals surface area contributed by atoms with Gasteiger partial charge in [0.25, 0.3) is 0 Å². The average molecular weight is 239 g/mol. The third-order valence-corrected chi connectivity index (χ3v) is 3.71. The van der Waals surface area contributed by atoms with Crippen molar-refractivity contribution in [2.24, 2.45) is 5.92 Å². The van der Waals surface area contributed by atoms with Crippen molar-refractivity contribution in [1.82, 2.24) is 15.1 Å². The Labute approximate surface area is 102 Å². The van der Waals surface area contributed by atoms with Crippen LogP contribution in [0.1, 0.15) is 19.8 Å². The maximum Gasteiger partial charge on any atom is 0.317 e. The first-order chi connectivity index (χ1) is 8.16. The zero-order chi connectivity index (χ0) is 12.3. The molecule has 2 aliphatic heterocycles. The first-order valence-electron chi connectivity index (χ1n) is 6.42. The van der Waals surface area contributed by atoms with E-state index >= 15 is 0 Å². The van der Waals surface area contributed by atoms with Gasteiger partial charge < -0.3 is 15.1 Å². The molecule has 1 N–H and O–H groups in total. The largest absolute Gasteiger partial charge is 0.336 e. The van der Waals surface area contributed by atoms with Crippen molar-refractivity contribution in [2.45, 2.75) is 19.8 Å². The molecule has 96 valence electrons. The number of hydrogen-bond acceptors (Lipinski definition) is 3. The molecule has 17 heavy (non-hydrogen) atoms. The molecule has 0 bridgehead atoms. The minimum Gasteiger partial charge on any atom is -0.336 e. The zero-order valence-corrected chi connectivity index (χ0v) is 10.4. The fourth-order valence-corrected chi connectivity index (χ4v) is 2.58. The smallest absolute Gasteiger partial charge is 0.317 e. The molecule has 0 aromatic carbocycles. The molecule has 5 nitrogen and oxygen atoms in total. The third kappa shape index (κ3) is 3.19. The summed E-state index contributed by atoms with van der Waals surface area (Å²) in [5, 5.41) is 2.80. The molecule has 1 atom stereocenters. The minimum absolute atomic E-state index is 0.0464. The quantitative estimate of drug-likeness (QED) is 0.768. The van der Waals surface area contributed by atoms with Gasteiger partial charge in [-0.3, -0.25) is 4.79 Å². The van der Waals surface area contributed by atoms with Crippen molar-refractivity contribution < 1.29 is 9.59 Å². The van der Waals surface area contributed by atoms with Gasteiger partial charge in [0.05, 0.1) is 0 Å². The highest BCUT2D eigenvalue weighted by molar-refractivity contribution is 5.78. The van der Waals surface area contributed by atoms with Crippen molar-refractivity contribution in [3.05, 3.63) is 0 Å². The summed E-state index contributed by atoms with van der Waals surface area (Å²) in [5.41, 5.74) is 0. The van der Waals surface area contributed by atoms with E-state index in [-0.39, 0.29) is 11.9 Å². The fourth-order valence-electron chi connectivity index (χ4n) is 2.58. The van der Waals surface area contributed by atoms with E-state index in [0.717, 1.165) is 52.1 Å². The molecule has 1 unspecified atom stereocenters. The number of carbonyl (C=O) groups excluding carboxylic acids is 2. The number of carbonyl (C=O) groups is 2. The van der Waals surface area contributed by atoms with E-state index in [1.165, 1.54) is 0 Å².